The molecule has 2 aromatic heterocycles. The largest absolute Gasteiger partial charge is 0.309 e. The van der Waals surface area contributed by atoms with Crippen molar-refractivity contribution >= 4 is 46.7 Å². The van der Waals surface area contributed by atoms with Crippen LogP contribution in [-0.2, 0) is 11.3 Å². The topological polar surface area (TPSA) is 72.7 Å². The highest BCUT2D eigenvalue weighted by Gasteiger charge is 2.15. The smallest absolute Gasteiger partial charge is 0.236 e. The standard InChI is InChI=1S/C18H15Cl2N5OS/c1-2-8-25-17(12-6-4-3-5-7-12)23-24-18(25)27-11-15(26)22-16-14(20)9-13(19)10-21-16/h2-7,9-10H,1,8,11H2,(H,21,22,26). The van der Waals surface area contributed by atoms with Gasteiger partial charge in [0, 0.05) is 18.3 Å². The number of thioether (sulfide) groups is 1. The van der Waals surface area contributed by atoms with E-state index < -0.39 is 0 Å². The Balaban J connectivity index is 1.71. The van der Waals surface area contributed by atoms with E-state index in [0.29, 0.717) is 16.7 Å². The summed E-state index contributed by atoms with van der Waals surface area (Å²) in [5, 5.41) is 12.4. The van der Waals surface area contributed by atoms with Crippen molar-refractivity contribution in [3.05, 3.63) is 65.3 Å². The fraction of sp³-hybridized carbons (Fsp3) is 0.111. The van der Waals surface area contributed by atoms with Crippen molar-refractivity contribution in [2.45, 2.75) is 11.7 Å². The minimum Gasteiger partial charge on any atom is -0.309 e. The predicted molar refractivity (Wildman–Crippen MR) is 109 cm³/mol. The van der Waals surface area contributed by atoms with Gasteiger partial charge in [0.15, 0.2) is 16.8 Å². The summed E-state index contributed by atoms with van der Waals surface area (Å²) in [4.78, 5) is 16.2. The zero-order valence-corrected chi connectivity index (χ0v) is 16.4. The van der Waals surface area contributed by atoms with Gasteiger partial charge in [0.1, 0.15) is 0 Å². The Bertz CT molecular complexity index is 962. The number of allylic oxidation sites excluding steroid dienone is 1. The summed E-state index contributed by atoms with van der Waals surface area (Å²) in [5.41, 5.74) is 0.945. The Kier molecular flexibility index (Phi) is 6.49. The first-order valence-corrected chi connectivity index (χ1v) is 9.66. The van der Waals surface area contributed by atoms with Crippen LogP contribution >= 0.6 is 35.0 Å². The van der Waals surface area contributed by atoms with Gasteiger partial charge in [-0.2, -0.15) is 0 Å². The molecule has 0 spiro atoms. The Labute approximate surface area is 170 Å². The molecule has 6 nitrogen and oxygen atoms in total. The fourth-order valence-electron chi connectivity index (χ4n) is 2.29. The van der Waals surface area contributed by atoms with Gasteiger partial charge < -0.3 is 5.32 Å². The van der Waals surface area contributed by atoms with E-state index in [1.54, 1.807) is 6.08 Å². The number of pyridine rings is 1. The predicted octanol–water partition coefficient (Wildman–Crippen LogP) is 4.56. The number of rotatable bonds is 7. The van der Waals surface area contributed by atoms with Crippen molar-refractivity contribution in [1.82, 2.24) is 19.7 Å². The highest BCUT2D eigenvalue weighted by molar-refractivity contribution is 7.99. The summed E-state index contributed by atoms with van der Waals surface area (Å²) in [6, 6.07) is 11.2. The zero-order valence-electron chi connectivity index (χ0n) is 14.1. The third kappa shape index (κ3) is 4.88. The Morgan fingerprint density at radius 3 is 2.74 bits per heavy atom. The molecule has 1 N–H and O–H groups in total. The lowest BCUT2D eigenvalue weighted by molar-refractivity contribution is -0.113. The first-order chi connectivity index (χ1) is 13.1. The van der Waals surface area contributed by atoms with Crippen LogP contribution in [0.3, 0.4) is 0 Å². The summed E-state index contributed by atoms with van der Waals surface area (Å²) in [6.45, 7) is 4.31. The van der Waals surface area contributed by atoms with E-state index in [-0.39, 0.29) is 22.5 Å². The van der Waals surface area contributed by atoms with Crippen LogP contribution < -0.4 is 5.32 Å². The number of aromatic nitrogens is 4. The second-order valence-corrected chi connectivity index (χ2v) is 7.18. The molecule has 0 unspecified atom stereocenters. The third-order valence-corrected chi connectivity index (χ3v) is 4.92. The first-order valence-electron chi connectivity index (χ1n) is 7.91. The molecule has 0 aliphatic carbocycles. The summed E-state index contributed by atoms with van der Waals surface area (Å²) in [5.74, 6) is 0.862. The first kappa shape index (κ1) is 19.4. The molecule has 138 valence electrons. The highest BCUT2D eigenvalue weighted by atomic mass is 35.5. The monoisotopic (exact) mass is 419 g/mol. The van der Waals surface area contributed by atoms with Crippen LogP contribution in [0.15, 0.2) is 60.4 Å². The lowest BCUT2D eigenvalue weighted by Crippen LogP contribution is -2.16. The normalized spacial score (nSPS) is 10.6. The molecule has 3 rings (SSSR count). The van der Waals surface area contributed by atoms with E-state index in [9.17, 15) is 4.79 Å². The molecule has 3 aromatic rings. The van der Waals surface area contributed by atoms with Gasteiger partial charge in [-0.15, -0.1) is 16.8 Å². The maximum Gasteiger partial charge on any atom is 0.236 e. The van der Waals surface area contributed by atoms with Crippen LogP contribution in [-0.4, -0.2) is 31.4 Å². The van der Waals surface area contributed by atoms with Crippen molar-refractivity contribution in [3.63, 3.8) is 0 Å². The molecule has 0 radical (unpaired) electrons. The molecule has 1 aromatic carbocycles. The number of halogens is 2. The minimum absolute atomic E-state index is 0.130. The van der Waals surface area contributed by atoms with Gasteiger partial charge in [-0.25, -0.2) is 4.98 Å². The highest BCUT2D eigenvalue weighted by Crippen LogP contribution is 2.25. The average Bonchev–Trinajstić information content (AvgIpc) is 3.06. The van der Waals surface area contributed by atoms with Gasteiger partial charge in [0.25, 0.3) is 0 Å². The third-order valence-electron chi connectivity index (χ3n) is 3.46. The SMILES string of the molecule is C=CCn1c(SCC(=O)Nc2ncc(Cl)cc2Cl)nnc1-c1ccccc1. The quantitative estimate of drug-likeness (QED) is 0.448. The van der Waals surface area contributed by atoms with Crippen molar-refractivity contribution in [2.24, 2.45) is 0 Å². The summed E-state index contributed by atoms with van der Waals surface area (Å²) in [6.07, 6.45) is 3.18. The summed E-state index contributed by atoms with van der Waals surface area (Å²) < 4.78 is 1.91. The molecule has 9 heteroatoms. The number of carbonyl (C=O) groups is 1. The molecule has 0 fully saturated rings. The molecule has 0 saturated heterocycles. The Hall–Kier alpha value is -2.35. The number of amides is 1. The van der Waals surface area contributed by atoms with Crippen molar-refractivity contribution in [3.8, 4) is 11.4 Å². The van der Waals surface area contributed by atoms with E-state index >= 15 is 0 Å². The zero-order chi connectivity index (χ0) is 19.2. The van der Waals surface area contributed by atoms with E-state index in [1.807, 2.05) is 34.9 Å². The average molecular weight is 420 g/mol. The molecular weight excluding hydrogens is 405 g/mol. The van der Waals surface area contributed by atoms with E-state index in [0.717, 1.165) is 11.4 Å². The molecule has 0 saturated carbocycles. The lowest BCUT2D eigenvalue weighted by Gasteiger charge is -2.08. The lowest BCUT2D eigenvalue weighted by atomic mass is 10.2. The van der Waals surface area contributed by atoms with E-state index in [1.165, 1.54) is 24.0 Å². The second-order valence-electron chi connectivity index (χ2n) is 5.39. The van der Waals surface area contributed by atoms with E-state index in [2.05, 4.69) is 27.1 Å². The van der Waals surface area contributed by atoms with Gasteiger partial charge in [-0.05, 0) is 6.07 Å². The number of hydrogen-bond donors (Lipinski definition) is 1. The number of hydrogen-bond acceptors (Lipinski definition) is 5. The number of nitrogens with one attached hydrogen (secondary N) is 1. The molecule has 0 aliphatic heterocycles. The fourth-order valence-corrected chi connectivity index (χ4v) is 3.47. The molecule has 1 amide bonds. The van der Waals surface area contributed by atoms with Gasteiger partial charge in [-0.3, -0.25) is 9.36 Å². The van der Waals surface area contributed by atoms with Crippen molar-refractivity contribution in [2.75, 3.05) is 11.1 Å². The maximum absolute atomic E-state index is 12.2. The van der Waals surface area contributed by atoms with Gasteiger partial charge in [-0.1, -0.05) is 71.4 Å². The van der Waals surface area contributed by atoms with Gasteiger partial charge in [0.05, 0.1) is 15.8 Å². The summed E-state index contributed by atoms with van der Waals surface area (Å²) >= 11 is 13.1. The van der Waals surface area contributed by atoms with Crippen LogP contribution in [0.5, 0.6) is 0 Å². The van der Waals surface area contributed by atoms with Crippen LogP contribution in [0.4, 0.5) is 5.82 Å². The van der Waals surface area contributed by atoms with Crippen molar-refractivity contribution < 1.29 is 4.79 Å². The van der Waals surface area contributed by atoms with Crippen molar-refractivity contribution in [1.29, 1.82) is 0 Å². The van der Waals surface area contributed by atoms with Crippen LogP contribution in [0.25, 0.3) is 11.4 Å². The molecule has 27 heavy (non-hydrogen) atoms. The molecule has 0 bridgehead atoms. The molecule has 2 heterocycles. The number of anilines is 1. The maximum atomic E-state index is 12.2. The van der Waals surface area contributed by atoms with Gasteiger partial charge in [0.2, 0.25) is 5.91 Å². The molecule has 0 atom stereocenters. The minimum atomic E-state index is -0.258. The molecular formula is C18H15Cl2N5OS. The Morgan fingerprint density at radius 1 is 1.26 bits per heavy atom. The van der Waals surface area contributed by atoms with Crippen LogP contribution in [0.2, 0.25) is 10.0 Å². The summed E-state index contributed by atoms with van der Waals surface area (Å²) in [7, 11) is 0. The molecule has 0 aliphatic rings. The Morgan fingerprint density at radius 2 is 2.04 bits per heavy atom. The van der Waals surface area contributed by atoms with Gasteiger partial charge >= 0.3 is 0 Å². The number of nitrogens with zero attached hydrogens (tertiary/aromatic N) is 4. The van der Waals surface area contributed by atoms with E-state index in [4.69, 9.17) is 23.2 Å². The van der Waals surface area contributed by atoms with Crippen LogP contribution in [0, 0.1) is 0 Å². The number of carbonyl (C=O) groups excluding carboxylic acids is 1. The van der Waals surface area contributed by atoms with Crippen LogP contribution in [0.1, 0.15) is 0 Å². The number of benzene rings is 1. The second kappa shape index (κ2) is 9.03.